The summed E-state index contributed by atoms with van der Waals surface area (Å²) in [6.45, 7) is 7.99. The summed E-state index contributed by atoms with van der Waals surface area (Å²) in [6, 6.07) is 0.548. The zero-order chi connectivity index (χ0) is 14.8. The van der Waals surface area contributed by atoms with Crippen molar-refractivity contribution in [2.75, 3.05) is 56.7 Å². The lowest BCUT2D eigenvalue weighted by Gasteiger charge is -2.34. The van der Waals surface area contributed by atoms with Gasteiger partial charge in [-0.05, 0) is 5.92 Å². The molecule has 1 aromatic heterocycles. The Morgan fingerprint density at radius 1 is 1.29 bits per heavy atom. The average molecular weight is 312 g/mol. The average Bonchev–Trinajstić information content (AvgIpc) is 2.89. The summed E-state index contributed by atoms with van der Waals surface area (Å²) in [6.07, 6.45) is 1.53. The molecule has 2 unspecified atom stereocenters. The number of rotatable bonds is 3. The highest BCUT2D eigenvalue weighted by Gasteiger charge is 2.36. The van der Waals surface area contributed by atoms with Gasteiger partial charge in [-0.1, -0.05) is 18.5 Å². The van der Waals surface area contributed by atoms with Gasteiger partial charge in [0.15, 0.2) is 11.0 Å². The minimum Gasteiger partial charge on any atom is -0.383 e. The summed E-state index contributed by atoms with van der Waals surface area (Å²) in [5, 5.41) is 3.59. The molecule has 0 saturated carbocycles. The first kappa shape index (κ1) is 14.8. The van der Waals surface area contributed by atoms with Crippen molar-refractivity contribution in [2.24, 2.45) is 5.92 Å². The van der Waals surface area contributed by atoms with Gasteiger partial charge in [-0.2, -0.15) is 0 Å². The van der Waals surface area contributed by atoms with E-state index < -0.39 is 0 Å². The first-order chi connectivity index (χ1) is 10.2. The van der Waals surface area contributed by atoms with Crippen LogP contribution in [0.5, 0.6) is 0 Å². The molecular formula is C14H22ClN5O. The van der Waals surface area contributed by atoms with E-state index >= 15 is 0 Å². The van der Waals surface area contributed by atoms with Crippen LogP contribution in [0.25, 0.3) is 0 Å². The number of halogens is 1. The Bertz CT molecular complexity index is 494. The van der Waals surface area contributed by atoms with E-state index in [1.54, 1.807) is 0 Å². The number of hydrogen-bond donors (Lipinski definition) is 1. The second-order valence-corrected chi connectivity index (χ2v) is 6.07. The van der Waals surface area contributed by atoms with Crippen molar-refractivity contribution >= 4 is 23.1 Å². The molecule has 0 amide bonds. The Morgan fingerprint density at radius 3 is 2.76 bits per heavy atom. The van der Waals surface area contributed by atoms with Crippen LogP contribution in [0.2, 0.25) is 5.15 Å². The van der Waals surface area contributed by atoms with E-state index in [4.69, 9.17) is 16.3 Å². The third kappa shape index (κ3) is 2.93. The topological polar surface area (TPSA) is 53.5 Å². The SMILES string of the molecule is CNc1c(Cl)ncnc1N1CC(C)C(N2CCOCC2)C1. The molecule has 3 heterocycles. The summed E-state index contributed by atoms with van der Waals surface area (Å²) >= 11 is 6.16. The molecule has 21 heavy (non-hydrogen) atoms. The number of anilines is 2. The largest absolute Gasteiger partial charge is 0.383 e. The van der Waals surface area contributed by atoms with Gasteiger partial charge in [0.1, 0.15) is 12.0 Å². The number of nitrogens with one attached hydrogen (secondary N) is 1. The molecule has 1 N–H and O–H groups in total. The van der Waals surface area contributed by atoms with Crippen LogP contribution < -0.4 is 10.2 Å². The minimum atomic E-state index is 0.477. The fraction of sp³-hybridized carbons (Fsp3) is 0.714. The monoisotopic (exact) mass is 311 g/mol. The van der Waals surface area contributed by atoms with Crippen LogP contribution in [0.1, 0.15) is 6.92 Å². The summed E-state index contributed by atoms with van der Waals surface area (Å²) in [4.78, 5) is 13.3. The molecule has 7 heteroatoms. The molecule has 0 radical (unpaired) electrons. The van der Waals surface area contributed by atoms with Gasteiger partial charge in [-0.25, -0.2) is 9.97 Å². The first-order valence-electron chi connectivity index (χ1n) is 7.45. The van der Waals surface area contributed by atoms with Crippen LogP contribution in [0.15, 0.2) is 6.33 Å². The maximum absolute atomic E-state index is 6.16. The van der Waals surface area contributed by atoms with Crippen LogP contribution in [0.3, 0.4) is 0 Å². The van der Waals surface area contributed by atoms with E-state index in [0.29, 0.717) is 17.1 Å². The van der Waals surface area contributed by atoms with E-state index in [-0.39, 0.29) is 0 Å². The first-order valence-corrected chi connectivity index (χ1v) is 7.83. The summed E-state index contributed by atoms with van der Waals surface area (Å²) < 4.78 is 5.45. The number of hydrogen-bond acceptors (Lipinski definition) is 6. The molecule has 2 aliphatic rings. The number of nitrogens with zero attached hydrogens (tertiary/aromatic N) is 4. The van der Waals surface area contributed by atoms with Gasteiger partial charge in [-0.15, -0.1) is 0 Å². The molecule has 2 saturated heterocycles. The minimum absolute atomic E-state index is 0.477. The molecule has 2 aliphatic heterocycles. The van der Waals surface area contributed by atoms with Crippen LogP contribution in [-0.4, -0.2) is 67.4 Å². The summed E-state index contributed by atoms with van der Waals surface area (Å²) in [7, 11) is 1.85. The third-order valence-electron chi connectivity index (χ3n) is 4.42. The highest BCUT2D eigenvalue weighted by atomic mass is 35.5. The van der Waals surface area contributed by atoms with E-state index in [9.17, 15) is 0 Å². The normalized spacial score (nSPS) is 27.1. The number of aromatic nitrogens is 2. The smallest absolute Gasteiger partial charge is 0.157 e. The molecule has 2 fully saturated rings. The van der Waals surface area contributed by atoms with Crippen molar-refractivity contribution in [2.45, 2.75) is 13.0 Å². The number of morpholine rings is 1. The zero-order valence-electron chi connectivity index (χ0n) is 12.5. The Hall–Kier alpha value is -1.11. The van der Waals surface area contributed by atoms with Crippen LogP contribution >= 0.6 is 11.6 Å². The van der Waals surface area contributed by atoms with Crippen LogP contribution in [-0.2, 0) is 4.74 Å². The van der Waals surface area contributed by atoms with Gasteiger partial charge in [0, 0.05) is 39.3 Å². The Morgan fingerprint density at radius 2 is 2.05 bits per heavy atom. The second-order valence-electron chi connectivity index (χ2n) is 5.71. The molecule has 6 nitrogen and oxygen atoms in total. The molecule has 1 aromatic rings. The molecule has 0 bridgehead atoms. The fourth-order valence-electron chi connectivity index (χ4n) is 3.32. The molecule has 3 rings (SSSR count). The lowest BCUT2D eigenvalue weighted by Crippen LogP contribution is -2.46. The Balaban J connectivity index is 1.78. The lowest BCUT2D eigenvalue weighted by molar-refractivity contribution is 0.0134. The van der Waals surface area contributed by atoms with Crippen molar-refractivity contribution in [3.05, 3.63) is 11.5 Å². The quantitative estimate of drug-likeness (QED) is 0.850. The van der Waals surface area contributed by atoms with Gasteiger partial charge in [-0.3, -0.25) is 4.90 Å². The van der Waals surface area contributed by atoms with E-state index in [1.807, 2.05) is 7.05 Å². The van der Waals surface area contributed by atoms with Crippen LogP contribution in [0.4, 0.5) is 11.5 Å². The molecule has 116 valence electrons. The van der Waals surface area contributed by atoms with Crippen molar-refractivity contribution in [3.63, 3.8) is 0 Å². The molecule has 0 spiro atoms. The predicted octanol–water partition coefficient (Wildman–Crippen LogP) is 1.33. The molecule has 2 atom stereocenters. The highest BCUT2D eigenvalue weighted by Crippen LogP contribution is 2.33. The second kappa shape index (κ2) is 6.34. The fourth-order valence-corrected chi connectivity index (χ4v) is 3.54. The lowest BCUT2D eigenvalue weighted by atomic mass is 10.0. The van der Waals surface area contributed by atoms with Gasteiger partial charge in [0.25, 0.3) is 0 Å². The zero-order valence-corrected chi connectivity index (χ0v) is 13.3. The van der Waals surface area contributed by atoms with Gasteiger partial charge in [0.2, 0.25) is 0 Å². The van der Waals surface area contributed by atoms with Crippen molar-refractivity contribution < 1.29 is 4.74 Å². The maximum Gasteiger partial charge on any atom is 0.157 e. The van der Waals surface area contributed by atoms with Crippen molar-refractivity contribution in [1.82, 2.24) is 14.9 Å². The van der Waals surface area contributed by atoms with Gasteiger partial charge < -0.3 is 15.0 Å². The summed E-state index contributed by atoms with van der Waals surface area (Å²) in [5.41, 5.74) is 0.814. The predicted molar refractivity (Wildman–Crippen MR) is 84.1 cm³/mol. The van der Waals surface area contributed by atoms with E-state index in [2.05, 4.69) is 32.0 Å². The van der Waals surface area contributed by atoms with E-state index in [0.717, 1.165) is 50.9 Å². The Kier molecular flexibility index (Phi) is 4.47. The van der Waals surface area contributed by atoms with Crippen LogP contribution in [0, 0.1) is 5.92 Å². The molecular weight excluding hydrogens is 290 g/mol. The van der Waals surface area contributed by atoms with Crippen molar-refractivity contribution in [3.8, 4) is 0 Å². The third-order valence-corrected chi connectivity index (χ3v) is 4.70. The van der Waals surface area contributed by atoms with Gasteiger partial charge in [0.05, 0.1) is 13.2 Å². The molecule has 0 aliphatic carbocycles. The van der Waals surface area contributed by atoms with Gasteiger partial charge >= 0.3 is 0 Å². The van der Waals surface area contributed by atoms with E-state index in [1.165, 1.54) is 6.33 Å². The number of ether oxygens (including phenoxy) is 1. The standard InChI is InChI=1S/C14H22ClN5O/c1-10-7-20(8-11(10)19-3-5-21-6-4-19)14-12(16-2)13(15)17-9-18-14/h9-11,16H,3-8H2,1-2H3. The maximum atomic E-state index is 6.16. The Labute approximate surface area is 130 Å². The summed E-state index contributed by atoms with van der Waals surface area (Å²) in [5.74, 6) is 1.50. The van der Waals surface area contributed by atoms with Crippen molar-refractivity contribution in [1.29, 1.82) is 0 Å². The highest BCUT2D eigenvalue weighted by molar-refractivity contribution is 6.32. The molecule has 0 aromatic carbocycles.